The number of ether oxygens (including phenoxy) is 2. The largest absolute Gasteiger partial charge is 0.394 e. The van der Waals surface area contributed by atoms with E-state index in [1.54, 1.807) is 6.08 Å². The van der Waals surface area contributed by atoms with Crippen molar-refractivity contribution in [3.05, 3.63) is 24.3 Å². The van der Waals surface area contributed by atoms with Gasteiger partial charge in [-0.05, 0) is 32.1 Å². The Hall–Kier alpha value is -1.37. The summed E-state index contributed by atoms with van der Waals surface area (Å²) in [4.78, 5) is 13.0. The minimum absolute atomic E-state index is 0.308. The van der Waals surface area contributed by atoms with E-state index in [1.165, 1.54) is 148 Å². The number of allylic oxidation sites excluding steroid dienone is 3. The predicted molar refractivity (Wildman–Crippen MR) is 236 cm³/mol. The first-order valence-corrected chi connectivity index (χ1v) is 24.2. The Morgan fingerprint density at radius 2 is 1.02 bits per heavy atom. The monoisotopic (exact) mass is 826 g/mol. The highest BCUT2D eigenvalue weighted by Gasteiger charge is 2.44. The highest BCUT2D eigenvalue weighted by atomic mass is 16.7. The van der Waals surface area contributed by atoms with Crippen molar-refractivity contribution in [1.29, 1.82) is 0 Å². The molecule has 0 aromatic rings. The molecule has 10 heteroatoms. The molecule has 1 saturated heterocycles. The highest BCUT2D eigenvalue weighted by Crippen LogP contribution is 2.23. The van der Waals surface area contributed by atoms with Crippen molar-refractivity contribution in [1.82, 2.24) is 5.32 Å². The van der Waals surface area contributed by atoms with E-state index in [1.807, 2.05) is 6.08 Å². The zero-order valence-electron chi connectivity index (χ0n) is 37.2. The van der Waals surface area contributed by atoms with E-state index in [9.17, 15) is 35.4 Å². The third kappa shape index (κ3) is 28.2. The minimum Gasteiger partial charge on any atom is -0.394 e. The zero-order chi connectivity index (χ0) is 42.5. The lowest BCUT2D eigenvalue weighted by molar-refractivity contribution is -0.302. The summed E-state index contributed by atoms with van der Waals surface area (Å²) in [6, 6.07) is -0.992. The fraction of sp³-hybridized carbons (Fsp3) is 0.896. The highest BCUT2D eigenvalue weighted by molar-refractivity contribution is 5.80. The summed E-state index contributed by atoms with van der Waals surface area (Å²) in [6.45, 7) is 3.57. The number of hydrogen-bond acceptors (Lipinski definition) is 9. The van der Waals surface area contributed by atoms with Crippen LogP contribution in [0.4, 0.5) is 0 Å². The number of hydrogen-bond donors (Lipinski definition) is 7. The Balaban J connectivity index is 2.31. The molecule has 1 heterocycles. The molecule has 0 aliphatic carbocycles. The molecule has 342 valence electrons. The van der Waals surface area contributed by atoms with Crippen LogP contribution in [0.15, 0.2) is 24.3 Å². The number of aliphatic hydroxyl groups excluding tert-OH is 6. The zero-order valence-corrected chi connectivity index (χ0v) is 37.2. The van der Waals surface area contributed by atoms with Crippen LogP contribution in [0.1, 0.15) is 213 Å². The van der Waals surface area contributed by atoms with Crippen molar-refractivity contribution < 1.29 is 44.9 Å². The fourth-order valence-electron chi connectivity index (χ4n) is 7.65. The second-order valence-corrected chi connectivity index (χ2v) is 17.0. The van der Waals surface area contributed by atoms with Gasteiger partial charge in [0, 0.05) is 0 Å². The fourth-order valence-corrected chi connectivity index (χ4v) is 7.65. The molecular formula is C48H91NO9. The molecule has 0 aromatic heterocycles. The topological polar surface area (TPSA) is 169 Å². The Kier molecular flexibility index (Phi) is 36.3. The van der Waals surface area contributed by atoms with Crippen LogP contribution in [-0.4, -0.2) is 98.7 Å². The number of nitrogens with one attached hydrogen (secondary N) is 1. The van der Waals surface area contributed by atoms with Gasteiger partial charge in [0.1, 0.15) is 30.5 Å². The SMILES string of the molecule is CCCCCCC/C=C/CC/C=C/C(O)C(COC1OC(CO)C(O)C(O)C1O)NC(=O)C(O)CCCCCCCCCCCCCCCCCCCCCCCC. The average Bonchev–Trinajstić information content (AvgIpc) is 3.22. The van der Waals surface area contributed by atoms with Gasteiger partial charge in [-0.2, -0.15) is 0 Å². The Bertz CT molecular complexity index is 979. The molecule has 1 aliphatic heterocycles. The lowest BCUT2D eigenvalue weighted by Gasteiger charge is -2.40. The molecule has 0 spiro atoms. The van der Waals surface area contributed by atoms with Crippen LogP contribution >= 0.6 is 0 Å². The summed E-state index contributed by atoms with van der Waals surface area (Å²) >= 11 is 0. The van der Waals surface area contributed by atoms with E-state index in [0.29, 0.717) is 19.3 Å². The van der Waals surface area contributed by atoms with Gasteiger partial charge in [0.05, 0.1) is 25.4 Å². The van der Waals surface area contributed by atoms with Crippen molar-refractivity contribution in [3.63, 3.8) is 0 Å². The number of rotatable bonds is 40. The van der Waals surface area contributed by atoms with Crippen molar-refractivity contribution >= 4 is 5.91 Å². The molecule has 1 aliphatic rings. The molecule has 0 saturated carbocycles. The van der Waals surface area contributed by atoms with Gasteiger partial charge in [0.15, 0.2) is 6.29 Å². The van der Waals surface area contributed by atoms with Crippen molar-refractivity contribution in [2.75, 3.05) is 13.2 Å². The lowest BCUT2D eigenvalue weighted by Crippen LogP contribution is -2.60. The average molecular weight is 826 g/mol. The van der Waals surface area contributed by atoms with Gasteiger partial charge < -0.3 is 45.4 Å². The first-order valence-electron chi connectivity index (χ1n) is 24.2. The van der Waals surface area contributed by atoms with E-state index in [4.69, 9.17) is 9.47 Å². The van der Waals surface area contributed by atoms with Gasteiger partial charge in [-0.3, -0.25) is 4.79 Å². The lowest BCUT2D eigenvalue weighted by atomic mass is 9.99. The van der Waals surface area contributed by atoms with Crippen LogP contribution < -0.4 is 5.32 Å². The van der Waals surface area contributed by atoms with E-state index in [0.717, 1.165) is 32.1 Å². The summed E-state index contributed by atoms with van der Waals surface area (Å²) in [5.74, 6) is -0.625. The van der Waals surface area contributed by atoms with Gasteiger partial charge in [0.2, 0.25) is 5.91 Å². The number of amides is 1. The molecule has 1 rings (SSSR count). The number of aliphatic hydroxyl groups is 6. The van der Waals surface area contributed by atoms with Crippen molar-refractivity contribution in [3.8, 4) is 0 Å². The Morgan fingerprint density at radius 1 is 0.586 bits per heavy atom. The molecule has 1 fully saturated rings. The van der Waals surface area contributed by atoms with Crippen LogP contribution in [-0.2, 0) is 14.3 Å². The maximum Gasteiger partial charge on any atom is 0.249 e. The van der Waals surface area contributed by atoms with E-state index in [-0.39, 0.29) is 6.61 Å². The van der Waals surface area contributed by atoms with Crippen LogP contribution in [0.3, 0.4) is 0 Å². The normalized spacial score (nSPS) is 21.6. The van der Waals surface area contributed by atoms with Crippen LogP contribution in [0.2, 0.25) is 0 Å². The van der Waals surface area contributed by atoms with Gasteiger partial charge >= 0.3 is 0 Å². The van der Waals surface area contributed by atoms with E-state index >= 15 is 0 Å². The molecular weight excluding hydrogens is 735 g/mol. The quantitative estimate of drug-likeness (QED) is 0.0235. The standard InChI is InChI=1S/C48H91NO9/c1-3-5-7-9-11-13-15-16-17-18-19-20-21-22-23-24-25-27-29-31-33-35-37-42(52)47(56)49-40(39-57-48-46(55)45(54)44(53)43(38-50)58-48)41(51)36-34-32-30-28-26-14-12-10-8-6-4-2/h26,28,34,36,40-46,48,50-55H,3-25,27,29-33,35,37-39H2,1-2H3,(H,49,56)/b28-26+,36-34+. The second-order valence-electron chi connectivity index (χ2n) is 17.0. The number of carbonyl (C=O) groups is 1. The summed E-state index contributed by atoms with van der Waals surface area (Å²) in [6.07, 6.45) is 35.7. The predicted octanol–water partition coefficient (Wildman–Crippen LogP) is 9.25. The Labute approximate surface area is 354 Å². The molecule has 10 nitrogen and oxygen atoms in total. The maximum atomic E-state index is 13.0. The van der Waals surface area contributed by atoms with Crippen LogP contribution in [0.5, 0.6) is 0 Å². The van der Waals surface area contributed by atoms with Gasteiger partial charge in [-0.15, -0.1) is 0 Å². The summed E-state index contributed by atoms with van der Waals surface area (Å²) in [5, 5.41) is 64.6. The summed E-state index contributed by atoms with van der Waals surface area (Å²) in [5.41, 5.74) is 0. The maximum absolute atomic E-state index is 13.0. The van der Waals surface area contributed by atoms with Crippen LogP contribution in [0, 0.1) is 0 Å². The van der Waals surface area contributed by atoms with Gasteiger partial charge in [0.25, 0.3) is 0 Å². The van der Waals surface area contributed by atoms with E-state index in [2.05, 4.69) is 31.3 Å². The molecule has 0 bridgehead atoms. The molecule has 7 N–H and O–H groups in total. The van der Waals surface area contributed by atoms with Crippen molar-refractivity contribution in [2.45, 2.75) is 262 Å². The third-order valence-corrected chi connectivity index (χ3v) is 11.6. The first-order chi connectivity index (χ1) is 28.3. The minimum atomic E-state index is -1.61. The van der Waals surface area contributed by atoms with Crippen molar-refractivity contribution in [2.24, 2.45) is 0 Å². The third-order valence-electron chi connectivity index (χ3n) is 11.6. The number of carbonyl (C=O) groups excluding carboxylic acids is 1. The smallest absolute Gasteiger partial charge is 0.249 e. The summed E-state index contributed by atoms with van der Waals surface area (Å²) < 4.78 is 11.1. The molecule has 8 unspecified atom stereocenters. The van der Waals surface area contributed by atoms with Gasteiger partial charge in [-0.1, -0.05) is 205 Å². The summed E-state index contributed by atoms with van der Waals surface area (Å²) in [7, 11) is 0. The Morgan fingerprint density at radius 3 is 1.50 bits per heavy atom. The second kappa shape index (κ2) is 38.5. The number of unbranched alkanes of at least 4 members (excludes halogenated alkanes) is 27. The van der Waals surface area contributed by atoms with E-state index < -0.39 is 61.5 Å². The molecule has 1 amide bonds. The molecule has 0 aromatic carbocycles. The molecule has 0 radical (unpaired) electrons. The molecule has 58 heavy (non-hydrogen) atoms. The molecule has 8 atom stereocenters. The first kappa shape index (κ1) is 54.6. The van der Waals surface area contributed by atoms with Crippen LogP contribution in [0.25, 0.3) is 0 Å². The van der Waals surface area contributed by atoms with Gasteiger partial charge in [-0.25, -0.2) is 0 Å².